The number of hydrogen-bond acceptors (Lipinski definition) is 3. The molecule has 0 aliphatic heterocycles. The molecular weight excluding hydrogens is 178 g/mol. The number of aliphatic hydroxyl groups excluding tert-OH is 1. The van der Waals surface area contributed by atoms with Crippen LogP contribution in [0.2, 0.25) is 0 Å². The molecule has 14 heavy (non-hydrogen) atoms. The molecule has 0 aromatic carbocycles. The van der Waals surface area contributed by atoms with Gasteiger partial charge in [0.2, 0.25) is 0 Å². The van der Waals surface area contributed by atoms with Crippen LogP contribution in [-0.4, -0.2) is 33.9 Å². The zero-order chi connectivity index (χ0) is 10.4. The summed E-state index contributed by atoms with van der Waals surface area (Å²) < 4.78 is 2.02. The molecule has 0 spiro atoms. The second kappa shape index (κ2) is 5.78. The van der Waals surface area contributed by atoms with E-state index in [1.165, 1.54) is 0 Å². The first-order valence-electron chi connectivity index (χ1n) is 5.05. The summed E-state index contributed by atoms with van der Waals surface area (Å²) >= 11 is 0. The number of aliphatic hydroxyl groups is 1. The molecule has 1 aromatic heterocycles. The van der Waals surface area contributed by atoms with Gasteiger partial charge in [-0.25, -0.2) is 4.98 Å². The quantitative estimate of drug-likeness (QED) is 0.646. The second-order valence-electron chi connectivity index (χ2n) is 3.59. The lowest BCUT2D eigenvalue weighted by atomic mass is 10.3. The van der Waals surface area contributed by atoms with Crippen LogP contribution in [0.15, 0.2) is 12.4 Å². The number of aryl methyl sites for hydroxylation is 1. The maximum atomic E-state index is 9.02. The minimum absolute atomic E-state index is 0.212. The zero-order valence-electron chi connectivity index (χ0n) is 8.90. The molecule has 1 rings (SSSR count). The SMILES string of the molecule is CC(O)CCNCCc1nccn1C. The lowest BCUT2D eigenvalue weighted by Gasteiger charge is -2.06. The fourth-order valence-corrected chi connectivity index (χ4v) is 1.27. The number of rotatable bonds is 6. The van der Waals surface area contributed by atoms with Crippen LogP contribution >= 0.6 is 0 Å². The molecule has 80 valence electrons. The first-order chi connectivity index (χ1) is 6.70. The van der Waals surface area contributed by atoms with E-state index >= 15 is 0 Å². The van der Waals surface area contributed by atoms with Crippen molar-refractivity contribution in [2.75, 3.05) is 13.1 Å². The molecule has 1 atom stereocenters. The highest BCUT2D eigenvalue weighted by atomic mass is 16.3. The van der Waals surface area contributed by atoms with E-state index < -0.39 is 0 Å². The van der Waals surface area contributed by atoms with Gasteiger partial charge in [0.05, 0.1) is 6.10 Å². The topological polar surface area (TPSA) is 50.1 Å². The first kappa shape index (κ1) is 11.2. The molecule has 0 saturated carbocycles. The van der Waals surface area contributed by atoms with Crippen LogP contribution in [0.5, 0.6) is 0 Å². The highest BCUT2D eigenvalue weighted by Gasteiger charge is 1.98. The van der Waals surface area contributed by atoms with Crippen molar-refractivity contribution in [3.05, 3.63) is 18.2 Å². The Morgan fingerprint density at radius 1 is 1.57 bits per heavy atom. The fourth-order valence-electron chi connectivity index (χ4n) is 1.27. The Kier molecular flexibility index (Phi) is 4.62. The van der Waals surface area contributed by atoms with Gasteiger partial charge >= 0.3 is 0 Å². The van der Waals surface area contributed by atoms with Crippen molar-refractivity contribution >= 4 is 0 Å². The molecule has 0 aliphatic carbocycles. The van der Waals surface area contributed by atoms with Gasteiger partial charge in [-0.15, -0.1) is 0 Å². The van der Waals surface area contributed by atoms with Crippen molar-refractivity contribution in [1.82, 2.24) is 14.9 Å². The number of aromatic nitrogens is 2. The molecule has 4 nitrogen and oxygen atoms in total. The van der Waals surface area contributed by atoms with Crippen molar-refractivity contribution in [3.8, 4) is 0 Å². The third-order valence-electron chi connectivity index (χ3n) is 2.19. The van der Waals surface area contributed by atoms with Gasteiger partial charge in [-0.1, -0.05) is 0 Å². The molecule has 0 aliphatic rings. The third-order valence-corrected chi connectivity index (χ3v) is 2.19. The molecular formula is C10H19N3O. The predicted octanol–water partition coefficient (Wildman–Crippen LogP) is 0.323. The van der Waals surface area contributed by atoms with E-state index in [9.17, 15) is 0 Å². The smallest absolute Gasteiger partial charge is 0.109 e. The van der Waals surface area contributed by atoms with Crippen LogP contribution < -0.4 is 5.32 Å². The van der Waals surface area contributed by atoms with Crippen molar-refractivity contribution in [3.63, 3.8) is 0 Å². The third kappa shape index (κ3) is 3.89. The van der Waals surface area contributed by atoms with Gasteiger partial charge < -0.3 is 15.0 Å². The molecule has 0 fully saturated rings. The average Bonchev–Trinajstić information content (AvgIpc) is 2.51. The van der Waals surface area contributed by atoms with E-state index in [1.54, 1.807) is 6.92 Å². The van der Waals surface area contributed by atoms with Gasteiger partial charge in [-0.3, -0.25) is 0 Å². The summed E-state index contributed by atoms with van der Waals surface area (Å²) in [6, 6.07) is 0. The van der Waals surface area contributed by atoms with E-state index in [4.69, 9.17) is 5.11 Å². The van der Waals surface area contributed by atoms with Gasteiger partial charge in [-0.05, 0) is 19.9 Å². The number of imidazole rings is 1. The summed E-state index contributed by atoms with van der Waals surface area (Å²) in [4.78, 5) is 4.22. The van der Waals surface area contributed by atoms with Crippen LogP contribution in [0.4, 0.5) is 0 Å². The Morgan fingerprint density at radius 3 is 2.93 bits per heavy atom. The van der Waals surface area contributed by atoms with Crippen molar-refractivity contribution < 1.29 is 5.11 Å². The highest BCUT2D eigenvalue weighted by Crippen LogP contribution is 1.94. The largest absolute Gasteiger partial charge is 0.393 e. The van der Waals surface area contributed by atoms with Gasteiger partial charge in [-0.2, -0.15) is 0 Å². The minimum Gasteiger partial charge on any atom is -0.393 e. The standard InChI is InChI=1S/C10H19N3O/c1-9(14)3-5-11-6-4-10-12-7-8-13(10)2/h7-9,11,14H,3-6H2,1-2H3. The van der Waals surface area contributed by atoms with Gasteiger partial charge in [0.15, 0.2) is 0 Å². The molecule has 0 amide bonds. The fraction of sp³-hybridized carbons (Fsp3) is 0.700. The molecule has 1 heterocycles. The molecule has 0 bridgehead atoms. The number of hydrogen-bond donors (Lipinski definition) is 2. The van der Waals surface area contributed by atoms with E-state index in [0.29, 0.717) is 0 Å². The maximum Gasteiger partial charge on any atom is 0.109 e. The predicted molar refractivity (Wildman–Crippen MR) is 56.1 cm³/mol. The van der Waals surface area contributed by atoms with Crippen molar-refractivity contribution in [2.24, 2.45) is 7.05 Å². The van der Waals surface area contributed by atoms with Gasteiger partial charge in [0.25, 0.3) is 0 Å². The summed E-state index contributed by atoms with van der Waals surface area (Å²) in [5.41, 5.74) is 0. The van der Waals surface area contributed by atoms with Crippen LogP contribution in [0.1, 0.15) is 19.2 Å². The Balaban J connectivity index is 2.08. The van der Waals surface area contributed by atoms with Gasteiger partial charge in [0, 0.05) is 32.4 Å². The maximum absolute atomic E-state index is 9.02. The van der Waals surface area contributed by atoms with Crippen LogP contribution in [0.25, 0.3) is 0 Å². The van der Waals surface area contributed by atoms with E-state index in [-0.39, 0.29) is 6.10 Å². The minimum atomic E-state index is -0.212. The molecule has 0 saturated heterocycles. The summed E-state index contributed by atoms with van der Waals surface area (Å²) in [5.74, 6) is 1.09. The summed E-state index contributed by atoms with van der Waals surface area (Å²) in [7, 11) is 2.00. The highest BCUT2D eigenvalue weighted by molar-refractivity contribution is 4.91. The molecule has 1 unspecified atom stereocenters. The Morgan fingerprint density at radius 2 is 2.36 bits per heavy atom. The zero-order valence-corrected chi connectivity index (χ0v) is 8.90. The second-order valence-corrected chi connectivity index (χ2v) is 3.59. The van der Waals surface area contributed by atoms with Crippen LogP contribution in [-0.2, 0) is 13.5 Å². The summed E-state index contributed by atoms with van der Waals surface area (Å²) in [6.45, 7) is 3.58. The van der Waals surface area contributed by atoms with Crippen molar-refractivity contribution in [2.45, 2.75) is 25.9 Å². The monoisotopic (exact) mass is 197 g/mol. The number of nitrogens with zero attached hydrogens (tertiary/aromatic N) is 2. The average molecular weight is 197 g/mol. The van der Waals surface area contributed by atoms with Gasteiger partial charge in [0.1, 0.15) is 5.82 Å². The van der Waals surface area contributed by atoms with E-state index in [1.807, 2.05) is 24.0 Å². The lowest BCUT2D eigenvalue weighted by Crippen LogP contribution is -2.22. The lowest BCUT2D eigenvalue weighted by molar-refractivity contribution is 0.184. The first-order valence-corrected chi connectivity index (χ1v) is 5.05. The van der Waals surface area contributed by atoms with Crippen LogP contribution in [0.3, 0.4) is 0 Å². The van der Waals surface area contributed by atoms with Crippen molar-refractivity contribution in [1.29, 1.82) is 0 Å². The van der Waals surface area contributed by atoms with E-state index in [2.05, 4.69) is 10.3 Å². The number of nitrogens with one attached hydrogen (secondary N) is 1. The summed E-state index contributed by atoms with van der Waals surface area (Å²) in [5, 5.41) is 12.3. The molecule has 4 heteroatoms. The molecule has 2 N–H and O–H groups in total. The molecule has 1 aromatic rings. The normalized spacial score (nSPS) is 13.1. The Bertz CT molecular complexity index is 258. The Hall–Kier alpha value is -0.870. The van der Waals surface area contributed by atoms with E-state index in [0.717, 1.165) is 31.8 Å². The molecule has 0 radical (unpaired) electrons. The Labute approximate surface area is 85.0 Å². The van der Waals surface area contributed by atoms with Crippen LogP contribution in [0, 0.1) is 0 Å². The summed E-state index contributed by atoms with van der Waals surface area (Å²) in [6.07, 6.45) is 5.29.